The third-order valence-corrected chi connectivity index (χ3v) is 4.61. The zero-order chi connectivity index (χ0) is 19.9. The van der Waals surface area contributed by atoms with Gasteiger partial charge in [0, 0.05) is 6.92 Å². The highest BCUT2D eigenvalue weighted by Crippen LogP contribution is 2.32. The molecule has 0 unspecified atom stereocenters. The number of rotatable bonds is 6. The Hall–Kier alpha value is -3.06. The number of amidine groups is 1. The van der Waals surface area contributed by atoms with Crippen LogP contribution in [0.4, 0.5) is 0 Å². The molecule has 7 heteroatoms. The van der Waals surface area contributed by atoms with Crippen LogP contribution >= 0.6 is 11.8 Å². The lowest BCUT2D eigenvalue weighted by Crippen LogP contribution is -2.23. The largest absolute Gasteiger partial charge is 0.490 e. The lowest BCUT2D eigenvalue weighted by molar-refractivity contribution is -0.117. The minimum Gasteiger partial charge on any atom is -0.490 e. The van der Waals surface area contributed by atoms with Crippen LogP contribution in [0.2, 0.25) is 0 Å². The number of carbonyl (C=O) groups excluding carboxylic acids is 2. The first kappa shape index (κ1) is 19.7. The second-order valence-corrected chi connectivity index (χ2v) is 6.96. The van der Waals surface area contributed by atoms with Crippen molar-refractivity contribution in [2.45, 2.75) is 20.5 Å². The smallest absolute Gasteiger partial charge is 0.286 e. The number of nitrogens with one attached hydrogen (secondary N) is 1. The van der Waals surface area contributed by atoms with E-state index in [0.717, 1.165) is 22.9 Å². The second kappa shape index (κ2) is 9.23. The van der Waals surface area contributed by atoms with E-state index < -0.39 is 0 Å². The van der Waals surface area contributed by atoms with Gasteiger partial charge in [-0.2, -0.15) is 4.99 Å². The van der Waals surface area contributed by atoms with E-state index in [4.69, 9.17) is 9.47 Å². The van der Waals surface area contributed by atoms with Crippen LogP contribution in [-0.4, -0.2) is 23.6 Å². The number of nitrogens with zero attached hydrogens (tertiary/aromatic N) is 1. The summed E-state index contributed by atoms with van der Waals surface area (Å²) in [6, 6.07) is 15.4. The monoisotopic (exact) mass is 396 g/mol. The van der Waals surface area contributed by atoms with Gasteiger partial charge >= 0.3 is 0 Å². The molecule has 6 nitrogen and oxygen atoms in total. The fourth-order valence-corrected chi connectivity index (χ4v) is 3.36. The van der Waals surface area contributed by atoms with Crippen LogP contribution in [0.5, 0.6) is 11.5 Å². The number of hydrogen-bond acceptors (Lipinski definition) is 5. The van der Waals surface area contributed by atoms with E-state index in [2.05, 4.69) is 10.3 Å². The van der Waals surface area contributed by atoms with Crippen molar-refractivity contribution in [3.05, 3.63) is 64.6 Å². The lowest BCUT2D eigenvalue weighted by Gasteiger charge is -2.13. The Morgan fingerprint density at radius 2 is 1.93 bits per heavy atom. The van der Waals surface area contributed by atoms with E-state index in [9.17, 15) is 9.59 Å². The van der Waals surface area contributed by atoms with Crippen LogP contribution in [-0.2, 0) is 16.2 Å². The van der Waals surface area contributed by atoms with Crippen LogP contribution in [0.1, 0.15) is 25.0 Å². The third-order valence-electron chi connectivity index (χ3n) is 3.71. The van der Waals surface area contributed by atoms with Gasteiger partial charge in [-0.3, -0.25) is 9.59 Å². The Morgan fingerprint density at radius 3 is 2.64 bits per heavy atom. The second-order valence-electron chi connectivity index (χ2n) is 5.93. The van der Waals surface area contributed by atoms with Gasteiger partial charge in [0.05, 0.1) is 11.5 Å². The van der Waals surface area contributed by atoms with Gasteiger partial charge in [0.1, 0.15) is 6.61 Å². The van der Waals surface area contributed by atoms with E-state index in [-0.39, 0.29) is 17.0 Å². The predicted octanol–water partition coefficient (Wildman–Crippen LogP) is 3.77. The SMILES string of the molecule is CCOc1cc(C=C2SC(NC(C)=O)=NC2=O)ccc1OCc1ccccc1. The Labute approximate surface area is 167 Å². The molecule has 1 N–H and O–H groups in total. The first-order chi connectivity index (χ1) is 13.5. The van der Waals surface area contributed by atoms with E-state index in [0.29, 0.717) is 29.6 Å². The summed E-state index contributed by atoms with van der Waals surface area (Å²) in [5.74, 6) is 0.592. The number of hydrogen-bond donors (Lipinski definition) is 1. The number of carbonyl (C=O) groups is 2. The molecule has 1 heterocycles. The summed E-state index contributed by atoms with van der Waals surface area (Å²) < 4.78 is 11.6. The van der Waals surface area contributed by atoms with E-state index in [1.165, 1.54) is 6.92 Å². The summed E-state index contributed by atoms with van der Waals surface area (Å²) in [5, 5.41) is 2.82. The predicted molar refractivity (Wildman–Crippen MR) is 110 cm³/mol. The first-order valence-electron chi connectivity index (χ1n) is 8.79. The van der Waals surface area contributed by atoms with Gasteiger partial charge in [-0.25, -0.2) is 0 Å². The highest BCUT2D eigenvalue weighted by Gasteiger charge is 2.22. The summed E-state index contributed by atoms with van der Waals surface area (Å²) in [4.78, 5) is 27.4. The fraction of sp³-hybridized carbons (Fsp3) is 0.190. The molecule has 1 aliphatic heterocycles. The molecule has 2 amide bonds. The fourth-order valence-electron chi connectivity index (χ4n) is 2.50. The van der Waals surface area contributed by atoms with Gasteiger partial charge in [-0.15, -0.1) is 0 Å². The topological polar surface area (TPSA) is 77.0 Å². The average Bonchev–Trinajstić information content (AvgIpc) is 3.00. The van der Waals surface area contributed by atoms with Gasteiger partial charge in [-0.05, 0) is 48.0 Å². The van der Waals surface area contributed by atoms with E-state index in [1.807, 2.05) is 55.5 Å². The molecule has 0 aromatic heterocycles. The van der Waals surface area contributed by atoms with Gasteiger partial charge < -0.3 is 14.8 Å². The highest BCUT2D eigenvalue weighted by atomic mass is 32.2. The summed E-state index contributed by atoms with van der Waals surface area (Å²) in [6.45, 7) is 4.20. The van der Waals surface area contributed by atoms with Gasteiger partial charge in [0.2, 0.25) is 5.91 Å². The van der Waals surface area contributed by atoms with Crippen LogP contribution in [0.3, 0.4) is 0 Å². The molecule has 2 aromatic rings. The van der Waals surface area contributed by atoms with Crippen LogP contribution in [0, 0.1) is 0 Å². The molecule has 0 saturated carbocycles. The van der Waals surface area contributed by atoms with Gasteiger partial charge in [0.25, 0.3) is 5.91 Å². The standard InChI is InChI=1S/C21H20N2O4S/c1-3-26-18-11-16(12-19-20(25)23-21(28-19)22-14(2)24)9-10-17(18)27-13-15-7-5-4-6-8-15/h4-12H,3,13H2,1-2H3,(H,22,23,24,25). The molecule has 3 rings (SSSR count). The molecule has 0 aliphatic carbocycles. The molecule has 0 radical (unpaired) electrons. The zero-order valence-electron chi connectivity index (χ0n) is 15.6. The van der Waals surface area contributed by atoms with Crippen molar-refractivity contribution in [2.75, 3.05) is 6.61 Å². The Kier molecular flexibility index (Phi) is 6.49. The molecule has 2 aromatic carbocycles. The average molecular weight is 396 g/mol. The summed E-state index contributed by atoms with van der Waals surface area (Å²) in [6.07, 6.45) is 1.72. The Balaban J connectivity index is 1.75. The molecule has 0 bridgehead atoms. The molecule has 144 valence electrons. The zero-order valence-corrected chi connectivity index (χ0v) is 16.4. The highest BCUT2D eigenvalue weighted by molar-refractivity contribution is 8.18. The molecule has 1 aliphatic rings. The summed E-state index contributed by atoms with van der Waals surface area (Å²) >= 11 is 1.13. The normalized spacial score (nSPS) is 14.7. The maximum atomic E-state index is 12.0. The summed E-state index contributed by atoms with van der Waals surface area (Å²) in [7, 11) is 0. The number of benzene rings is 2. The quantitative estimate of drug-likeness (QED) is 0.752. The van der Waals surface area contributed by atoms with Crippen molar-refractivity contribution < 1.29 is 19.1 Å². The maximum absolute atomic E-state index is 12.0. The van der Waals surface area contributed by atoms with Crippen LogP contribution in [0.15, 0.2) is 58.4 Å². The Bertz CT molecular complexity index is 939. The summed E-state index contributed by atoms with van der Waals surface area (Å²) in [5.41, 5.74) is 1.84. The molecular formula is C21H20N2O4S. The molecule has 0 spiro atoms. The van der Waals surface area contributed by atoms with Crippen molar-refractivity contribution in [3.8, 4) is 11.5 Å². The minimum atomic E-state index is -0.379. The van der Waals surface area contributed by atoms with Crippen molar-refractivity contribution in [2.24, 2.45) is 4.99 Å². The van der Waals surface area contributed by atoms with E-state index in [1.54, 1.807) is 6.08 Å². The van der Waals surface area contributed by atoms with Crippen molar-refractivity contribution in [3.63, 3.8) is 0 Å². The van der Waals surface area contributed by atoms with Gasteiger partial charge in [0.15, 0.2) is 16.7 Å². The third kappa shape index (κ3) is 5.23. The molecule has 0 saturated heterocycles. The number of amides is 2. The lowest BCUT2D eigenvalue weighted by atomic mass is 10.2. The molecule has 0 fully saturated rings. The van der Waals surface area contributed by atoms with Crippen LogP contribution < -0.4 is 14.8 Å². The van der Waals surface area contributed by atoms with Crippen molar-refractivity contribution in [1.29, 1.82) is 0 Å². The van der Waals surface area contributed by atoms with Crippen LogP contribution in [0.25, 0.3) is 6.08 Å². The molecule has 0 atom stereocenters. The maximum Gasteiger partial charge on any atom is 0.286 e. The minimum absolute atomic E-state index is 0.265. The van der Waals surface area contributed by atoms with Crippen molar-refractivity contribution in [1.82, 2.24) is 5.32 Å². The number of ether oxygens (including phenoxy) is 2. The number of thioether (sulfide) groups is 1. The number of aliphatic imine (C=N–C) groups is 1. The molecule has 28 heavy (non-hydrogen) atoms. The Morgan fingerprint density at radius 1 is 1.14 bits per heavy atom. The first-order valence-corrected chi connectivity index (χ1v) is 9.60. The molecular weight excluding hydrogens is 376 g/mol. The van der Waals surface area contributed by atoms with Gasteiger partial charge in [-0.1, -0.05) is 36.4 Å². The van der Waals surface area contributed by atoms with Crippen molar-refractivity contribution >= 4 is 34.8 Å². The van der Waals surface area contributed by atoms with E-state index >= 15 is 0 Å².